The smallest absolute Gasteiger partial charge is 0.203 e. The third-order valence-corrected chi connectivity index (χ3v) is 5.17. The Balaban J connectivity index is 2.38. The van der Waals surface area contributed by atoms with Crippen molar-refractivity contribution >= 4 is 25.6 Å². The molecule has 0 saturated heterocycles. The lowest BCUT2D eigenvalue weighted by molar-refractivity contribution is 0.136. The summed E-state index contributed by atoms with van der Waals surface area (Å²) in [4.78, 5) is 0. The highest BCUT2D eigenvalue weighted by Crippen LogP contribution is 2.15. The highest BCUT2D eigenvalue weighted by Gasteiger charge is 2.15. The maximum Gasteiger partial charge on any atom is 0.203 e. The van der Waals surface area contributed by atoms with Crippen LogP contribution >= 0.6 is 11.3 Å². The molecule has 0 aromatic carbocycles. The molecule has 0 saturated carbocycles. The van der Waals surface area contributed by atoms with E-state index < -0.39 is 9.76 Å². The van der Waals surface area contributed by atoms with Crippen molar-refractivity contribution in [3.05, 3.63) is 17.5 Å². The van der Waals surface area contributed by atoms with E-state index in [0.717, 1.165) is 5.92 Å². The number of thiophene rings is 1. The fourth-order valence-electron chi connectivity index (χ4n) is 1.58. The second-order valence-electron chi connectivity index (χ2n) is 4.80. The van der Waals surface area contributed by atoms with Crippen LogP contribution in [-0.2, 0) is 4.43 Å². The molecule has 1 heterocycles. The molecule has 15 heavy (non-hydrogen) atoms. The highest BCUT2D eigenvalue weighted by atomic mass is 32.1. The van der Waals surface area contributed by atoms with Crippen LogP contribution in [0.5, 0.6) is 0 Å². The summed E-state index contributed by atoms with van der Waals surface area (Å²) < 4.78 is 7.57. The van der Waals surface area contributed by atoms with Gasteiger partial charge in [0.05, 0.1) is 0 Å². The fourth-order valence-corrected chi connectivity index (χ4v) is 3.97. The van der Waals surface area contributed by atoms with E-state index in [-0.39, 0.29) is 0 Å². The molecule has 0 aliphatic carbocycles. The van der Waals surface area contributed by atoms with Crippen LogP contribution in [0.3, 0.4) is 0 Å². The molecule has 0 N–H and O–H groups in total. The first-order valence-corrected chi connectivity index (χ1v) is 7.90. The molecule has 1 aromatic heterocycles. The topological polar surface area (TPSA) is 9.23 Å². The van der Waals surface area contributed by atoms with Gasteiger partial charge in [0.15, 0.2) is 0 Å². The first-order chi connectivity index (χ1) is 7.09. The monoisotopic (exact) mass is 242 g/mol. The van der Waals surface area contributed by atoms with E-state index in [1.165, 1.54) is 10.9 Å². The van der Waals surface area contributed by atoms with Gasteiger partial charge < -0.3 is 4.43 Å². The van der Waals surface area contributed by atoms with Crippen LogP contribution in [0.1, 0.15) is 34.1 Å². The van der Waals surface area contributed by atoms with Gasteiger partial charge in [0.1, 0.15) is 0 Å². The molecule has 0 radical (unpaired) electrons. The third-order valence-electron chi connectivity index (χ3n) is 2.47. The molecule has 0 amide bonds. The van der Waals surface area contributed by atoms with Gasteiger partial charge in [-0.3, -0.25) is 0 Å². The lowest BCUT2D eigenvalue weighted by Gasteiger charge is -2.23. The van der Waals surface area contributed by atoms with E-state index >= 15 is 0 Å². The van der Waals surface area contributed by atoms with Crippen molar-refractivity contribution in [1.82, 2.24) is 0 Å². The molecule has 0 bridgehead atoms. The van der Waals surface area contributed by atoms with E-state index in [0.29, 0.717) is 12.0 Å². The summed E-state index contributed by atoms with van der Waals surface area (Å²) in [5.74, 6) is 1.37. The van der Waals surface area contributed by atoms with Crippen molar-refractivity contribution < 1.29 is 4.43 Å². The van der Waals surface area contributed by atoms with Crippen LogP contribution in [-0.4, -0.2) is 15.9 Å². The van der Waals surface area contributed by atoms with Crippen molar-refractivity contribution in [3.8, 4) is 0 Å². The van der Waals surface area contributed by atoms with Gasteiger partial charge >= 0.3 is 0 Å². The molecule has 1 aromatic rings. The first kappa shape index (κ1) is 12.9. The van der Waals surface area contributed by atoms with Crippen molar-refractivity contribution in [1.29, 1.82) is 0 Å². The average Bonchev–Trinajstić information content (AvgIpc) is 2.63. The van der Waals surface area contributed by atoms with Gasteiger partial charge in [0, 0.05) is 10.6 Å². The zero-order valence-corrected chi connectivity index (χ0v) is 12.4. The van der Waals surface area contributed by atoms with Crippen molar-refractivity contribution in [2.75, 3.05) is 0 Å². The summed E-state index contributed by atoms with van der Waals surface area (Å²) in [6, 6.07) is 4.31. The van der Waals surface area contributed by atoms with E-state index in [1.54, 1.807) is 0 Å². The minimum absolute atomic E-state index is 0.457. The summed E-state index contributed by atoms with van der Waals surface area (Å²) in [5, 5.41) is 2.14. The molecule has 3 heteroatoms. The predicted octanol–water partition coefficient (Wildman–Crippen LogP) is 2.54. The van der Waals surface area contributed by atoms with Crippen LogP contribution in [0.25, 0.3) is 0 Å². The Morgan fingerprint density at radius 1 is 1.33 bits per heavy atom. The van der Waals surface area contributed by atoms with Gasteiger partial charge in [-0.2, -0.15) is 11.3 Å². The molecular formula is C12H22OSSi. The summed E-state index contributed by atoms with van der Waals surface area (Å²) in [6.07, 6.45) is 1.65. The second-order valence-corrected chi connectivity index (χ2v) is 7.73. The molecule has 1 unspecified atom stereocenters. The molecule has 1 rings (SSSR count). The molecule has 0 spiro atoms. The van der Waals surface area contributed by atoms with E-state index in [2.05, 4.69) is 45.2 Å². The summed E-state index contributed by atoms with van der Waals surface area (Å²) in [5.41, 5.74) is 0. The number of hydrogen-bond acceptors (Lipinski definition) is 2. The largest absolute Gasteiger partial charge is 0.415 e. The average molecular weight is 242 g/mol. The quantitative estimate of drug-likeness (QED) is 0.697. The molecular weight excluding hydrogens is 220 g/mol. The Morgan fingerprint density at radius 3 is 2.53 bits per heavy atom. The Kier molecular flexibility index (Phi) is 5.57. The normalized spacial score (nSPS) is 14.5. The molecule has 1 atom stereocenters. The van der Waals surface area contributed by atoms with Crippen LogP contribution < -0.4 is 4.50 Å². The Bertz CT molecular complexity index is 257. The fraction of sp³-hybridized carbons (Fsp3) is 0.667. The lowest BCUT2D eigenvalue weighted by Crippen LogP contribution is -2.27. The minimum Gasteiger partial charge on any atom is -0.415 e. The van der Waals surface area contributed by atoms with Gasteiger partial charge in [-0.15, -0.1) is 0 Å². The second kappa shape index (κ2) is 6.46. The van der Waals surface area contributed by atoms with Crippen LogP contribution in [0.15, 0.2) is 17.5 Å². The lowest BCUT2D eigenvalue weighted by atomic mass is 9.98. The van der Waals surface area contributed by atoms with Gasteiger partial charge in [-0.25, -0.2) is 0 Å². The third kappa shape index (κ3) is 4.95. The van der Waals surface area contributed by atoms with Crippen molar-refractivity contribution in [3.63, 3.8) is 0 Å². The zero-order chi connectivity index (χ0) is 11.3. The van der Waals surface area contributed by atoms with Crippen LogP contribution in [0.2, 0.25) is 0 Å². The number of hydrogen-bond donors (Lipinski definition) is 0. The summed E-state index contributed by atoms with van der Waals surface area (Å²) in [7, 11) is -0.484. The first-order valence-electron chi connectivity index (χ1n) is 5.73. The molecule has 1 nitrogen and oxygen atoms in total. The van der Waals surface area contributed by atoms with E-state index in [1.807, 2.05) is 11.3 Å². The van der Waals surface area contributed by atoms with E-state index in [9.17, 15) is 0 Å². The van der Waals surface area contributed by atoms with Crippen LogP contribution in [0, 0.1) is 11.8 Å². The van der Waals surface area contributed by atoms with Gasteiger partial charge in [-0.05, 0) is 23.6 Å². The highest BCUT2D eigenvalue weighted by molar-refractivity contribution is 7.19. The molecule has 0 aliphatic rings. The standard InChI is InChI=1S/C12H22OSSi/c1-9(2)8-11(10(3)4)13-15-12-6-5-7-14-12/h5-7,9-11H,8,15H2,1-4H3. The molecule has 0 aliphatic heterocycles. The molecule has 86 valence electrons. The maximum atomic E-state index is 6.11. The SMILES string of the molecule is CC(C)CC(O[SiH2]c1cccs1)C(C)C. The Labute approximate surface area is 99.8 Å². The zero-order valence-electron chi connectivity index (χ0n) is 10.2. The van der Waals surface area contributed by atoms with Gasteiger partial charge in [-0.1, -0.05) is 39.8 Å². The van der Waals surface area contributed by atoms with E-state index in [4.69, 9.17) is 4.43 Å². The summed E-state index contributed by atoms with van der Waals surface area (Å²) in [6.45, 7) is 9.06. The number of rotatable bonds is 6. The Hall–Kier alpha value is -0.123. The predicted molar refractivity (Wildman–Crippen MR) is 71.7 cm³/mol. The van der Waals surface area contributed by atoms with Crippen molar-refractivity contribution in [2.45, 2.75) is 40.2 Å². The molecule has 0 fully saturated rings. The summed E-state index contributed by atoms with van der Waals surface area (Å²) >= 11 is 1.83. The van der Waals surface area contributed by atoms with Crippen LogP contribution in [0.4, 0.5) is 0 Å². The van der Waals surface area contributed by atoms with Gasteiger partial charge in [0.2, 0.25) is 9.76 Å². The minimum atomic E-state index is -0.484. The maximum absolute atomic E-state index is 6.11. The van der Waals surface area contributed by atoms with Crippen molar-refractivity contribution in [2.24, 2.45) is 11.8 Å². The Morgan fingerprint density at radius 2 is 2.07 bits per heavy atom. The van der Waals surface area contributed by atoms with Gasteiger partial charge in [0.25, 0.3) is 0 Å².